The normalized spacial score (nSPS) is 12.3. The summed E-state index contributed by atoms with van der Waals surface area (Å²) in [6.45, 7) is 8.50. The van der Waals surface area contributed by atoms with Gasteiger partial charge in [-0.25, -0.2) is 0 Å². The maximum atomic E-state index is 6.74. The largest absolute Gasteiger partial charge is 0.454 e. The van der Waals surface area contributed by atoms with Crippen molar-refractivity contribution in [2.24, 2.45) is 0 Å². The van der Waals surface area contributed by atoms with Crippen molar-refractivity contribution in [3.8, 4) is 11.4 Å². The summed E-state index contributed by atoms with van der Waals surface area (Å²) in [6.07, 6.45) is 0. The summed E-state index contributed by atoms with van der Waals surface area (Å²) >= 11 is 0. The third kappa shape index (κ3) is 3.12. The third-order valence-corrected chi connectivity index (χ3v) is 8.76. The maximum Gasteiger partial charge on any atom is 0.161 e. The van der Waals surface area contributed by atoms with Gasteiger partial charge in [0.2, 0.25) is 0 Å². The Balaban J connectivity index is 1.47. The number of fused-ring (bicyclic) bond motifs is 10. The summed E-state index contributed by atoms with van der Waals surface area (Å²) in [5.74, 6) is 0. The second-order valence-corrected chi connectivity index (χ2v) is 11.8. The van der Waals surface area contributed by atoms with Crippen molar-refractivity contribution >= 4 is 65.9 Å². The molecule has 0 fully saturated rings. The molecule has 0 bridgehead atoms. The number of aryl methyl sites for hydroxylation is 4. The zero-order valence-electron chi connectivity index (χ0n) is 23.9. The van der Waals surface area contributed by atoms with Crippen LogP contribution in [0.4, 0.5) is 0 Å². The van der Waals surface area contributed by atoms with Gasteiger partial charge in [-0.2, -0.15) is 0 Å². The molecule has 42 heavy (non-hydrogen) atoms. The van der Waals surface area contributed by atoms with E-state index in [2.05, 4.69) is 134 Å². The van der Waals surface area contributed by atoms with Crippen molar-refractivity contribution in [2.75, 3.05) is 0 Å². The van der Waals surface area contributed by atoms with Gasteiger partial charge in [-0.3, -0.25) is 0 Å². The zero-order chi connectivity index (χ0) is 28.3. The number of rotatable bonds is 2. The monoisotopic (exact) mass is 544 g/mol. The Kier molecular flexibility index (Phi) is 4.57. The molecule has 0 aliphatic heterocycles. The van der Waals surface area contributed by atoms with Crippen molar-refractivity contribution < 1.29 is 8.83 Å². The van der Waals surface area contributed by atoms with Gasteiger partial charge >= 0.3 is 0 Å². The summed E-state index contributed by atoms with van der Waals surface area (Å²) < 4.78 is 18.0. The van der Waals surface area contributed by atoms with E-state index in [-0.39, 0.29) is 0 Å². The highest BCUT2D eigenvalue weighted by Crippen LogP contribution is 2.44. The number of furan rings is 2. The first kappa shape index (κ1) is 23.5. The average Bonchev–Trinajstić information content (AvgIpc) is 3.69. The fourth-order valence-corrected chi connectivity index (χ4v) is 6.67. The second-order valence-electron chi connectivity index (χ2n) is 11.8. The summed E-state index contributed by atoms with van der Waals surface area (Å²) in [4.78, 5) is 0. The van der Waals surface area contributed by atoms with E-state index in [1.54, 1.807) is 0 Å². The molecule has 0 aliphatic rings. The first-order valence-corrected chi connectivity index (χ1v) is 14.4. The number of nitrogens with zero attached hydrogens (tertiary/aromatic N) is 2. The van der Waals surface area contributed by atoms with E-state index in [9.17, 15) is 0 Å². The lowest BCUT2D eigenvalue weighted by Gasteiger charge is -2.10. The molecule has 9 rings (SSSR count). The molecular weight excluding hydrogens is 516 g/mol. The van der Waals surface area contributed by atoms with E-state index in [0.717, 1.165) is 77.3 Å². The van der Waals surface area contributed by atoms with Crippen LogP contribution < -0.4 is 0 Å². The molecule has 202 valence electrons. The minimum atomic E-state index is 0.857. The fraction of sp³-hybridized carbons (Fsp3) is 0.105. The molecule has 0 aliphatic carbocycles. The van der Waals surface area contributed by atoms with E-state index in [1.165, 1.54) is 22.3 Å². The Labute approximate surface area is 242 Å². The highest BCUT2D eigenvalue weighted by atomic mass is 16.3. The van der Waals surface area contributed by atoms with E-state index >= 15 is 0 Å². The molecule has 0 saturated heterocycles. The Bertz CT molecular complexity index is 2530. The molecule has 9 aromatic rings. The molecule has 0 N–H and O–H groups in total. The van der Waals surface area contributed by atoms with Crippen LogP contribution in [0.1, 0.15) is 22.3 Å². The zero-order valence-corrected chi connectivity index (χ0v) is 23.9. The van der Waals surface area contributed by atoms with Gasteiger partial charge in [0, 0.05) is 32.9 Å². The summed E-state index contributed by atoms with van der Waals surface area (Å²) in [6, 6.07) is 35.0. The molecular formula is C38H28N2O2. The van der Waals surface area contributed by atoms with E-state index in [4.69, 9.17) is 8.83 Å². The summed E-state index contributed by atoms with van der Waals surface area (Å²) in [7, 11) is 0. The molecule has 0 atom stereocenters. The van der Waals surface area contributed by atoms with Crippen molar-refractivity contribution in [1.82, 2.24) is 9.13 Å². The smallest absolute Gasteiger partial charge is 0.161 e. The topological polar surface area (TPSA) is 36.1 Å². The van der Waals surface area contributed by atoms with Crippen molar-refractivity contribution in [1.29, 1.82) is 0 Å². The SMILES string of the molecule is Cc1ccc(-n2c3cc(C)ccc3c3oc4cc5c6oc7cc(C)ccc7c6n(-c6ccc(C)cc6)c5cc4c32)cc1. The Hall–Kier alpha value is -5.22. The lowest BCUT2D eigenvalue weighted by atomic mass is 10.1. The van der Waals surface area contributed by atoms with Gasteiger partial charge in [0.15, 0.2) is 11.2 Å². The van der Waals surface area contributed by atoms with Crippen molar-refractivity contribution in [2.45, 2.75) is 27.7 Å². The van der Waals surface area contributed by atoms with Crippen LogP contribution in [0.5, 0.6) is 0 Å². The Morgan fingerprint density at radius 2 is 0.881 bits per heavy atom. The number of hydrogen-bond acceptors (Lipinski definition) is 2. The summed E-state index contributed by atoms with van der Waals surface area (Å²) in [5.41, 5.74) is 15.1. The summed E-state index contributed by atoms with van der Waals surface area (Å²) in [5, 5.41) is 4.35. The van der Waals surface area contributed by atoms with Crippen molar-refractivity contribution in [3.63, 3.8) is 0 Å². The molecule has 4 nitrogen and oxygen atoms in total. The van der Waals surface area contributed by atoms with E-state index in [0.29, 0.717) is 0 Å². The fourth-order valence-electron chi connectivity index (χ4n) is 6.67. The van der Waals surface area contributed by atoms with Crippen molar-refractivity contribution in [3.05, 3.63) is 119 Å². The standard InChI is InChI=1S/C38H28N2O2/c1-21-5-11-25(12-6-21)39-31-17-23(3)9-15-27(31)37-36(39)30-19-32-29(20-34(30)42-37)38-35(28-16-10-24(4)18-33(28)41-38)40(32)26-13-7-22(2)8-14-26/h5-20H,1-4H3. The van der Waals surface area contributed by atoms with Gasteiger partial charge in [-0.05, 0) is 99.5 Å². The predicted octanol–water partition coefficient (Wildman–Crippen LogP) is 10.6. The lowest BCUT2D eigenvalue weighted by molar-refractivity contribution is 0.669. The van der Waals surface area contributed by atoms with Gasteiger partial charge in [-0.1, -0.05) is 47.5 Å². The molecule has 0 amide bonds. The van der Waals surface area contributed by atoms with Crippen LogP contribution in [-0.4, -0.2) is 9.13 Å². The van der Waals surface area contributed by atoms with Gasteiger partial charge in [0.25, 0.3) is 0 Å². The van der Waals surface area contributed by atoms with Crippen LogP contribution in [0.25, 0.3) is 77.3 Å². The molecule has 4 heterocycles. The second kappa shape index (κ2) is 8.17. The maximum absolute atomic E-state index is 6.74. The molecule has 0 saturated carbocycles. The first-order chi connectivity index (χ1) is 20.4. The molecule has 4 aromatic heterocycles. The molecule has 0 unspecified atom stereocenters. The molecule has 0 radical (unpaired) electrons. The molecule has 0 spiro atoms. The molecule has 5 aromatic carbocycles. The molecule has 4 heteroatoms. The van der Waals surface area contributed by atoms with Crippen LogP contribution in [0, 0.1) is 27.7 Å². The number of aromatic nitrogens is 2. The minimum absolute atomic E-state index is 0.857. The van der Waals surface area contributed by atoms with Crippen LogP contribution in [0.15, 0.2) is 106 Å². The quantitative estimate of drug-likeness (QED) is 0.217. The third-order valence-electron chi connectivity index (χ3n) is 8.76. The van der Waals surface area contributed by atoms with Gasteiger partial charge in [0.1, 0.15) is 22.2 Å². The number of benzene rings is 5. The van der Waals surface area contributed by atoms with Gasteiger partial charge < -0.3 is 18.0 Å². The van der Waals surface area contributed by atoms with E-state index < -0.39 is 0 Å². The Morgan fingerprint density at radius 3 is 1.52 bits per heavy atom. The minimum Gasteiger partial charge on any atom is -0.454 e. The van der Waals surface area contributed by atoms with Gasteiger partial charge in [0.05, 0.1) is 11.0 Å². The van der Waals surface area contributed by atoms with Crippen LogP contribution in [-0.2, 0) is 0 Å². The van der Waals surface area contributed by atoms with Gasteiger partial charge in [-0.15, -0.1) is 0 Å². The van der Waals surface area contributed by atoms with E-state index in [1.807, 2.05) is 0 Å². The van der Waals surface area contributed by atoms with Crippen LogP contribution >= 0.6 is 0 Å². The highest BCUT2D eigenvalue weighted by Gasteiger charge is 2.24. The predicted molar refractivity (Wildman–Crippen MR) is 174 cm³/mol. The van der Waals surface area contributed by atoms with Crippen LogP contribution in [0.2, 0.25) is 0 Å². The highest BCUT2D eigenvalue weighted by molar-refractivity contribution is 6.23. The van der Waals surface area contributed by atoms with Crippen LogP contribution in [0.3, 0.4) is 0 Å². The first-order valence-electron chi connectivity index (χ1n) is 14.4. The number of hydrogen-bond donors (Lipinski definition) is 0. The Morgan fingerprint density at radius 1 is 0.405 bits per heavy atom. The average molecular weight is 545 g/mol. The lowest BCUT2D eigenvalue weighted by Crippen LogP contribution is -1.95.